The summed E-state index contributed by atoms with van der Waals surface area (Å²) in [4.78, 5) is 24.8. The number of rotatable bonds is 7. The highest BCUT2D eigenvalue weighted by Crippen LogP contribution is 2.29. The van der Waals surface area contributed by atoms with Crippen molar-refractivity contribution in [1.82, 2.24) is 14.3 Å². The van der Waals surface area contributed by atoms with E-state index >= 15 is 0 Å². The van der Waals surface area contributed by atoms with Gasteiger partial charge in [-0.15, -0.1) is 11.3 Å². The van der Waals surface area contributed by atoms with Crippen molar-refractivity contribution in [1.29, 1.82) is 0 Å². The van der Waals surface area contributed by atoms with Gasteiger partial charge in [0.2, 0.25) is 0 Å². The lowest BCUT2D eigenvalue weighted by atomic mass is 9.84. The van der Waals surface area contributed by atoms with Gasteiger partial charge >= 0.3 is 11.8 Å². The molecule has 0 aromatic carbocycles. The second-order valence-electron chi connectivity index (χ2n) is 7.09. The van der Waals surface area contributed by atoms with Gasteiger partial charge in [0, 0.05) is 22.4 Å². The molecule has 2 aromatic heterocycles. The molecule has 2 aromatic rings. The fourth-order valence-electron chi connectivity index (χ4n) is 2.62. The number of hydrogen-bond donors (Lipinski definition) is 1. The molecule has 0 spiro atoms. The molecular weight excluding hydrogens is 439 g/mol. The number of nitrogens with two attached hydrogens (primary N) is 1. The zero-order chi connectivity index (χ0) is 20.2. The van der Waals surface area contributed by atoms with Crippen molar-refractivity contribution in [2.24, 2.45) is 11.1 Å². The maximum atomic E-state index is 13.5. The lowest BCUT2D eigenvalue weighted by molar-refractivity contribution is 0.0566. The summed E-state index contributed by atoms with van der Waals surface area (Å²) in [7, 11) is 0. The van der Waals surface area contributed by atoms with Gasteiger partial charge in [0.1, 0.15) is 12.4 Å². The van der Waals surface area contributed by atoms with Crippen LogP contribution in [0.3, 0.4) is 0 Å². The van der Waals surface area contributed by atoms with Gasteiger partial charge in [0.25, 0.3) is 0 Å². The van der Waals surface area contributed by atoms with Gasteiger partial charge in [0.05, 0.1) is 16.7 Å². The topological polar surface area (TPSA) is 92.1 Å². The van der Waals surface area contributed by atoms with Crippen LogP contribution in [0.2, 0.25) is 0 Å². The second kappa shape index (κ2) is 8.83. The molecule has 27 heavy (non-hydrogen) atoms. The number of aryl methyl sites for hydroxylation is 2. The largest absolute Gasteiger partial charge is 0.441 e. The summed E-state index contributed by atoms with van der Waals surface area (Å²) in [6.07, 6.45) is 0.521. The number of thiophene rings is 1. The predicted octanol–water partition coefficient (Wildman–Crippen LogP) is 3.47. The van der Waals surface area contributed by atoms with Crippen LogP contribution in [-0.4, -0.2) is 26.5 Å². The highest BCUT2D eigenvalue weighted by atomic mass is 79.9. The van der Waals surface area contributed by atoms with Gasteiger partial charge in [-0.3, -0.25) is 4.57 Å². The summed E-state index contributed by atoms with van der Waals surface area (Å²) < 4.78 is 22.2. The smallest absolute Gasteiger partial charge is 0.405 e. The van der Waals surface area contributed by atoms with E-state index in [0.717, 1.165) is 13.3 Å². The molecule has 0 bridgehead atoms. The molecule has 0 aliphatic carbocycles. The van der Waals surface area contributed by atoms with E-state index in [1.54, 1.807) is 32.1 Å². The van der Waals surface area contributed by atoms with Gasteiger partial charge in [-0.05, 0) is 34.5 Å². The van der Waals surface area contributed by atoms with Crippen LogP contribution >= 0.6 is 27.3 Å². The quantitative estimate of drug-likeness (QED) is 0.684. The van der Waals surface area contributed by atoms with Crippen LogP contribution in [0.5, 0.6) is 0 Å². The molecule has 2 rings (SSSR count). The van der Waals surface area contributed by atoms with E-state index < -0.39 is 17.6 Å². The van der Waals surface area contributed by atoms with Crippen molar-refractivity contribution in [3.8, 4) is 0 Å². The molecule has 0 aliphatic heterocycles. The molecule has 0 saturated carbocycles. The summed E-state index contributed by atoms with van der Waals surface area (Å²) >= 11 is 5.01. The monoisotopic (exact) mass is 460 g/mol. The number of aromatic nitrogens is 3. The van der Waals surface area contributed by atoms with Crippen LogP contribution in [0.25, 0.3) is 0 Å². The van der Waals surface area contributed by atoms with Crippen molar-refractivity contribution in [3.63, 3.8) is 0 Å². The van der Waals surface area contributed by atoms with Crippen LogP contribution in [0.15, 0.2) is 38.9 Å². The highest BCUT2D eigenvalue weighted by molar-refractivity contribution is 9.11. The van der Waals surface area contributed by atoms with E-state index in [1.807, 2.05) is 12.1 Å². The van der Waals surface area contributed by atoms with Gasteiger partial charge in [0.15, 0.2) is 0 Å². The van der Waals surface area contributed by atoms with E-state index in [4.69, 9.17) is 10.5 Å². The second-order valence-corrected chi connectivity index (χ2v) is 9.63. The minimum Gasteiger partial charge on any atom is -0.441 e. The Balaban J connectivity index is 2.14. The summed E-state index contributed by atoms with van der Waals surface area (Å²) in [6.45, 7) is 5.67. The lowest BCUT2D eigenvalue weighted by Crippen LogP contribution is -2.38. The van der Waals surface area contributed by atoms with Gasteiger partial charge < -0.3 is 10.5 Å². The van der Waals surface area contributed by atoms with Crippen molar-refractivity contribution >= 4 is 33.4 Å². The maximum absolute atomic E-state index is 13.5. The number of carbonyl (C=O) groups excluding carboxylic acids is 1. The molecule has 0 fully saturated rings. The summed E-state index contributed by atoms with van der Waals surface area (Å²) in [5.74, 6) is 0. The number of amides is 1. The van der Waals surface area contributed by atoms with E-state index in [9.17, 15) is 14.0 Å². The average Bonchev–Trinajstić information content (AvgIpc) is 3.14. The molecule has 2 N–H and O–H groups in total. The first-order valence-electron chi connectivity index (χ1n) is 8.23. The van der Waals surface area contributed by atoms with Gasteiger partial charge in [-0.25, -0.2) is 18.7 Å². The number of hydrogen-bond acceptors (Lipinski definition) is 5. The van der Waals surface area contributed by atoms with Crippen LogP contribution in [0.4, 0.5) is 9.18 Å². The number of halogens is 2. The van der Waals surface area contributed by atoms with Crippen LogP contribution in [0.1, 0.15) is 25.6 Å². The molecule has 0 radical (unpaired) electrons. The van der Waals surface area contributed by atoms with Gasteiger partial charge in [-0.1, -0.05) is 20.8 Å². The number of carbonyl (C=O) groups is 1. The third-order valence-corrected chi connectivity index (χ3v) is 5.54. The van der Waals surface area contributed by atoms with E-state index in [2.05, 4.69) is 21.0 Å². The maximum Gasteiger partial charge on any atom is 0.405 e. The molecule has 2 heterocycles. The van der Waals surface area contributed by atoms with Gasteiger partial charge in [-0.2, -0.15) is 5.10 Å². The third-order valence-electron chi connectivity index (χ3n) is 3.85. The average molecular weight is 461 g/mol. The molecule has 0 saturated heterocycles. The number of nitrogens with zero attached hydrogens (tertiary/aromatic N) is 3. The Morgan fingerprint density at radius 3 is 2.70 bits per heavy atom. The Hall–Kier alpha value is -1.94. The molecule has 1 unspecified atom stereocenters. The van der Waals surface area contributed by atoms with Crippen molar-refractivity contribution < 1.29 is 13.9 Å². The van der Waals surface area contributed by atoms with E-state index in [1.165, 1.54) is 10.9 Å². The van der Waals surface area contributed by atoms with Crippen molar-refractivity contribution in [3.05, 3.63) is 49.5 Å². The Bertz CT molecular complexity index is 881. The first-order chi connectivity index (χ1) is 12.6. The zero-order valence-electron chi connectivity index (χ0n) is 15.3. The Morgan fingerprint density at radius 1 is 1.48 bits per heavy atom. The van der Waals surface area contributed by atoms with Crippen molar-refractivity contribution in [2.45, 2.75) is 46.4 Å². The van der Waals surface area contributed by atoms with Crippen LogP contribution in [-0.2, 0) is 24.2 Å². The molecule has 7 nitrogen and oxygen atoms in total. The van der Waals surface area contributed by atoms with E-state index in [0.29, 0.717) is 19.3 Å². The number of primary amides is 1. The van der Waals surface area contributed by atoms with Crippen molar-refractivity contribution in [2.75, 3.05) is 0 Å². The minimum atomic E-state index is -1.01. The summed E-state index contributed by atoms with van der Waals surface area (Å²) in [6, 6.07) is 3.94. The SMILES string of the molecule is CC(C)(C)C(OC(N)=O)C(=CF)Cn1ncn(CCc2ccc(Br)s2)c1=O. The van der Waals surface area contributed by atoms with E-state index in [-0.39, 0.29) is 17.8 Å². The Labute approximate surface area is 168 Å². The lowest BCUT2D eigenvalue weighted by Gasteiger charge is -2.31. The summed E-state index contributed by atoms with van der Waals surface area (Å²) in [5, 5.41) is 4.05. The Morgan fingerprint density at radius 2 is 2.19 bits per heavy atom. The first kappa shape index (κ1) is 21.4. The zero-order valence-corrected chi connectivity index (χ0v) is 17.7. The van der Waals surface area contributed by atoms with Crippen LogP contribution in [0, 0.1) is 5.41 Å². The number of ether oxygens (including phenoxy) is 1. The third kappa shape index (κ3) is 5.77. The Kier molecular flexibility index (Phi) is 6.99. The summed E-state index contributed by atoms with van der Waals surface area (Å²) in [5.41, 5.74) is 4.24. The molecule has 1 atom stereocenters. The first-order valence-corrected chi connectivity index (χ1v) is 9.84. The highest BCUT2D eigenvalue weighted by Gasteiger charge is 2.32. The van der Waals surface area contributed by atoms with Crippen LogP contribution < -0.4 is 11.4 Å². The molecule has 0 aliphatic rings. The normalized spacial score (nSPS) is 13.6. The fraction of sp³-hybridized carbons (Fsp3) is 0.471. The minimum absolute atomic E-state index is 0.107. The predicted molar refractivity (Wildman–Crippen MR) is 105 cm³/mol. The molecule has 1 amide bonds. The molecule has 148 valence electrons. The molecule has 10 heteroatoms. The standard InChI is InChI=1S/C17H22BrFN4O3S/c1-17(2,3)14(26-15(20)24)11(8-19)9-23-16(25)22(10-21-23)7-6-12-4-5-13(18)27-12/h4-5,8,10,14H,6-7,9H2,1-3H3,(H2,20,24). The fourth-order valence-corrected chi connectivity index (χ4v) is 4.09. The molecular formula is C17H22BrFN4O3S.